The number of para-hydroxylation sites is 1. The summed E-state index contributed by atoms with van der Waals surface area (Å²) in [7, 11) is 0. The Balaban J connectivity index is 1.96. The molecule has 128 valence electrons. The maximum Gasteiger partial charge on any atom is 0.323 e. The molecule has 3 rings (SSSR count). The topological polar surface area (TPSA) is 79.7 Å². The molecule has 8 heteroatoms. The van der Waals surface area contributed by atoms with E-state index in [2.05, 4.69) is 4.98 Å². The number of amides is 1. The highest BCUT2D eigenvalue weighted by atomic mass is 32.2. The summed E-state index contributed by atoms with van der Waals surface area (Å²) in [6.07, 6.45) is 1.61. The average Bonchev–Trinajstić information content (AvgIpc) is 2.83. The smallest absolute Gasteiger partial charge is 0.323 e. The van der Waals surface area contributed by atoms with Gasteiger partial charge in [0.1, 0.15) is 22.1 Å². The van der Waals surface area contributed by atoms with Crippen LogP contribution in [-0.4, -0.2) is 44.3 Å². The summed E-state index contributed by atoms with van der Waals surface area (Å²) < 4.78 is 5.82. The number of carboxylic acids is 1. The lowest BCUT2D eigenvalue weighted by atomic mass is 10.2. The summed E-state index contributed by atoms with van der Waals surface area (Å²) in [5, 5.41) is 9.81. The third-order valence-corrected chi connectivity index (χ3v) is 4.83. The van der Waals surface area contributed by atoms with Crippen molar-refractivity contribution in [1.82, 2.24) is 9.88 Å². The second kappa shape index (κ2) is 7.20. The first-order valence-electron chi connectivity index (χ1n) is 7.49. The number of ether oxygens (including phenoxy) is 1. The average molecular weight is 374 g/mol. The van der Waals surface area contributed by atoms with E-state index in [0.29, 0.717) is 28.5 Å². The van der Waals surface area contributed by atoms with Crippen LogP contribution in [0.4, 0.5) is 0 Å². The highest BCUT2D eigenvalue weighted by Crippen LogP contribution is 2.32. The number of carboxylic acid groups (broad SMARTS) is 1. The number of thiocarbonyl (C=S) groups is 1. The number of pyridine rings is 1. The van der Waals surface area contributed by atoms with E-state index in [1.54, 1.807) is 12.1 Å². The molecule has 0 spiro atoms. The molecule has 6 nitrogen and oxygen atoms in total. The van der Waals surface area contributed by atoms with Gasteiger partial charge in [-0.3, -0.25) is 14.5 Å². The second-order valence-corrected chi connectivity index (χ2v) is 6.83. The Labute approximate surface area is 153 Å². The molecular weight excluding hydrogens is 360 g/mol. The molecule has 1 aromatic heterocycles. The Bertz CT molecular complexity index is 911. The predicted molar refractivity (Wildman–Crippen MR) is 100 cm³/mol. The van der Waals surface area contributed by atoms with Gasteiger partial charge in [-0.25, -0.2) is 4.98 Å². The molecule has 1 amide bonds. The van der Waals surface area contributed by atoms with E-state index in [0.717, 1.165) is 22.0 Å². The molecule has 0 atom stereocenters. The van der Waals surface area contributed by atoms with Crippen molar-refractivity contribution in [3.8, 4) is 5.75 Å². The Morgan fingerprint density at radius 3 is 2.92 bits per heavy atom. The zero-order valence-electron chi connectivity index (χ0n) is 13.3. The summed E-state index contributed by atoms with van der Waals surface area (Å²) in [4.78, 5) is 29.2. The predicted octanol–water partition coefficient (Wildman–Crippen LogP) is 2.92. The van der Waals surface area contributed by atoms with Crippen LogP contribution < -0.4 is 4.74 Å². The minimum atomic E-state index is -1.11. The van der Waals surface area contributed by atoms with Gasteiger partial charge in [-0.2, -0.15) is 0 Å². The van der Waals surface area contributed by atoms with E-state index in [4.69, 9.17) is 22.1 Å². The SMILES string of the molecule is CCOc1cccc2ccc(/C=C3\SC(=S)N(CC(=O)O)C3=O)nc12. The number of thioether (sulfide) groups is 1. The van der Waals surface area contributed by atoms with Gasteiger partial charge in [-0.1, -0.05) is 42.2 Å². The number of carbonyl (C=O) groups is 2. The fourth-order valence-electron chi connectivity index (χ4n) is 2.39. The third-order valence-electron chi connectivity index (χ3n) is 3.45. The van der Waals surface area contributed by atoms with Crippen molar-refractivity contribution in [2.75, 3.05) is 13.2 Å². The number of aliphatic carboxylic acids is 1. The largest absolute Gasteiger partial charge is 0.492 e. The fraction of sp³-hybridized carbons (Fsp3) is 0.176. The van der Waals surface area contributed by atoms with Gasteiger partial charge >= 0.3 is 5.97 Å². The molecule has 1 fully saturated rings. The molecule has 0 unspecified atom stereocenters. The van der Waals surface area contributed by atoms with Crippen molar-refractivity contribution in [3.63, 3.8) is 0 Å². The van der Waals surface area contributed by atoms with Crippen molar-refractivity contribution >= 4 is 57.2 Å². The van der Waals surface area contributed by atoms with Crippen molar-refractivity contribution < 1.29 is 19.4 Å². The molecule has 0 aliphatic carbocycles. The molecule has 2 aromatic rings. The third kappa shape index (κ3) is 3.64. The molecule has 1 saturated heterocycles. The number of nitrogens with zero attached hydrogens (tertiary/aromatic N) is 2. The summed E-state index contributed by atoms with van der Waals surface area (Å²) in [6, 6.07) is 9.36. The van der Waals surface area contributed by atoms with Gasteiger partial charge in [0.2, 0.25) is 0 Å². The molecule has 2 heterocycles. The standard InChI is InChI=1S/C17H14N2O4S2/c1-2-23-12-5-3-4-10-6-7-11(18-15(10)12)8-13-16(22)19(9-14(20)21)17(24)25-13/h3-8H,2,9H2,1H3,(H,20,21)/b13-8-. The van der Waals surface area contributed by atoms with Gasteiger partial charge in [0, 0.05) is 5.39 Å². The molecule has 1 aliphatic heterocycles. The van der Waals surface area contributed by atoms with Crippen LogP contribution >= 0.6 is 24.0 Å². The summed E-state index contributed by atoms with van der Waals surface area (Å²) >= 11 is 6.16. The zero-order chi connectivity index (χ0) is 18.0. The highest BCUT2D eigenvalue weighted by molar-refractivity contribution is 8.26. The van der Waals surface area contributed by atoms with E-state index in [1.807, 2.05) is 31.2 Å². The van der Waals surface area contributed by atoms with Gasteiger partial charge in [0.25, 0.3) is 5.91 Å². The van der Waals surface area contributed by atoms with Gasteiger partial charge in [-0.05, 0) is 25.1 Å². The minimum absolute atomic E-state index is 0.231. The van der Waals surface area contributed by atoms with Crippen molar-refractivity contribution in [2.24, 2.45) is 0 Å². The number of carbonyl (C=O) groups excluding carboxylic acids is 1. The quantitative estimate of drug-likeness (QED) is 0.637. The van der Waals surface area contributed by atoms with Crippen LogP contribution in [0.15, 0.2) is 35.2 Å². The number of hydrogen-bond donors (Lipinski definition) is 1. The lowest BCUT2D eigenvalue weighted by Crippen LogP contribution is -2.33. The lowest BCUT2D eigenvalue weighted by Gasteiger charge is -2.10. The highest BCUT2D eigenvalue weighted by Gasteiger charge is 2.33. The monoisotopic (exact) mass is 374 g/mol. The van der Waals surface area contributed by atoms with Crippen LogP contribution in [-0.2, 0) is 9.59 Å². The van der Waals surface area contributed by atoms with Crippen LogP contribution in [0, 0.1) is 0 Å². The van der Waals surface area contributed by atoms with Gasteiger partial charge < -0.3 is 9.84 Å². The van der Waals surface area contributed by atoms with Gasteiger partial charge in [-0.15, -0.1) is 0 Å². The van der Waals surface area contributed by atoms with Crippen molar-refractivity contribution in [2.45, 2.75) is 6.92 Å². The van der Waals surface area contributed by atoms with Gasteiger partial charge in [0.05, 0.1) is 17.2 Å². The van der Waals surface area contributed by atoms with Crippen LogP contribution in [0.5, 0.6) is 5.75 Å². The molecule has 1 aliphatic rings. The zero-order valence-corrected chi connectivity index (χ0v) is 14.9. The van der Waals surface area contributed by atoms with Crippen molar-refractivity contribution in [3.05, 3.63) is 40.9 Å². The van der Waals surface area contributed by atoms with Crippen LogP contribution in [0.2, 0.25) is 0 Å². The summed E-state index contributed by atoms with van der Waals surface area (Å²) in [6.45, 7) is 1.98. The van der Waals surface area contributed by atoms with E-state index >= 15 is 0 Å². The Hall–Kier alpha value is -2.45. The molecule has 0 saturated carbocycles. The number of rotatable bonds is 5. The fourth-order valence-corrected chi connectivity index (χ4v) is 3.63. The number of fused-ring (bicyclic) bond motifs is 1. The second-order valence-electron chi connectivity index (χ2n) is 5.16. The van der Waals surface area contributed by atoms with E-state index in [1.165, 1.54) is 0 Å². The maximum atomic E-state index is 12.3. The minimum Gasteiger partial charge on any atom is -0.492 e. The van der Waals surface area contributed by atoms with Gasteiger partial charge in [0.15, 0.2) is 0 Å². The number of hydrogen-bond acceptors (Lipinski definition) is 6. The molecule has 1 N–H and O–H groups in total. The molecule has 0 radical (unpaired) electrons. The van der Waals surface area contributed by atoms with Crippen LogP contribution in [0.25, 0.3) is 17.0 Å². The number of benzene rings is 1. The van der Waals surface area contributed by atoms with E-state index < -0.39 is 18.4 Å². The van der Waals surface area contributed by atoms with Crippen LogP contribution in [0.1, 0.15) is 12.6 Å². The van der Waals surface area contributed by atoms with Crippen molar-refractivity contribution in [1.29, 1.82) is 0 Å². The number of aromatic nitrogens is 1. The maximum absolute atomic E-state index is 12.3. The Morgan fingerprint density at radius 1 is 1.40 bits per heavy atom. The molecule has 0 bridgehead atoms. The van der Waals surface area contributed by atoms with Crippen LogP contribution in [0.3, 0.4) is 0 Å². The first-order chi connectivity index (χ1) is 12.0. The normalized spacial score (nSPS) is 16.0. The van der Waals surface area contributed by atoms with E-state index in [-0.39, 0.29) is 4.32 Å². The Morgan fingerprint density at radius 2 is 2.20 bits per heavy atom. The lowest BCUT2D eigenvalue weighted by molar-refractivity contribution is -0.140. The first kappa shape index (κ1) is 17.4. The summed E-state index contributed by atoms with van der Waals surface area (Å²) in [5.41, 5.74) is 1.29. The molecule has 1 aromatic carbocycles. The molecular formula is C17H14N2O4S2. The summed E-state index contributed by atoms with van der Waals surface area (Å²) in [5.74, 6) is -0.853. The van der Waals surface area contributed by atoms with E-state index in [9.17, 15) is 9.59 Å². The molecule has 25 heavy (non-hydrogen) atoms. The first-order valence-corrected chi connectivity index (χ1v) is 8.72. The Kier molecular flexibility index (Phi) is 5.00.